The minimum Gasteiger partial charge on any atom is -0.480 e. The number of carbonyl (C=O) groups is 1. The summed E-state index contributed by atoms with van der Waals surface area (Å²) in [4.78, 5) is 16.6. The Bertz CT molecular complexity index is 941. The third-order valence-corrected chi connectivity index (χ3v) is 4.92. The van der Waals surface area contributed by atoms with E-state index in [0.29, 0.717) is 15.2 Å². The Morgan fingerprint density at radius 3 is 2.67 bits per heavy atom. The van der Waals surface area contributed by atoms with E-state index in [0.717, 1.165) is 23.6 Å². The summed E-state index contributed by atoms with van der Waals surface area (Å²) in [5.41, 5.74) is 1.85. The summed E-state index contributed by atoms with van der Waals surface area (Å²) in [5.74, 6) is 1.30. The molecule has 1 unspecified atom stereocenters. The van der Waals surface area contributed by atoms with Gasteiger partial charge in [-0.3, -0.25) is 4.79 Å². The lowest BCUT2D eigenvalue weighted by molar-refractivity contribution is -0.122. The molecular formula is C20H19BrClN3O2. The van der Waals surface area contributed by atoms with Gasteiger partial charge in [0.05, 0.1) is 4.47 Å². The quantitative estimate of drug-likeness (QED) is 0.573. The first-order valence-corrected chi connectivity index (χ1v) is 9.59. The number of benzene rings is 2. The minimum atomic E-state index is -0.657. The van der Waals surface area contributed by atoms with Crippen LogP contribution in [0.2, 0.25) is 5.02 Å². The Balaban J connectivity index is 1.59. The Hall–Kier alpha value is -2.31. The first-order chi connectivity index (χ1) is 12.9. The number of aromatic nitrogens is 2. The lowest BCUT2D eigenvalue weighted by Crippen LogP contribution is -2.30. The first-order valence-electron chi connectivity index (χ1n) is 8.41. The number of ether oxygens (including phenoxy) is 1. The number of hydrogen-bond acceptors (Lipinski definition) is 3. The molecule has 1 N–H and O–H groups in total. The van der Waals surface area contributed by atoms with Gasteiger partial charge < -0.3 is 14.6 Å². The predicted molar refractivity (Wildman–Crippen MR) is 110 cm³/mol. The van der Waals surface area contributed by atoms with Crippen molar-refractivity contribution < 1.29 is 9.53 Å². The van der Waals surface area contributed by atoms with Gasteiger partial charge in [0.25, 0.3) is 5.91 Å². The smallest absolute Gasteiger partial charge is 0.265 e. The van der Waals surface area contributed by atoms with Crippen LogP contribution < -0.4 is 10.1 Å². The van der Waals surface area contributed by atoms with Crippen LogP contribution in [0.1, 0.15) is 18.3 Å². The Morgan fingerprint density at radius 2 is 2.04 bits per heavy atom. The number of amides is 1. The van der Waals surface area contributed by atoms with Gasteiger partial charge in [0.15, 0.2) is 6.10 Å². The highest BCUT2D eigenvalue weighted by Crippen LogP contribution is 2.28. The molecule has 140 valence electrons. The standard InChI is InChI=1S/C20H19BrClN3O2/c1-13(27-19-8-5-16(22)11-18(19)21)20(26)24-17-6-3-15(4-7-17)12-25-10-9-23-14(25)2/h3-11,13H,12H2,1-2H3,(H,24,26). The number of anilines is 1. The van der Waals surface area contributed by atoms with Crippen molar-refractivity contribution in [2.75, 3.05) is 5.32 Å². The Kier molecular flexibility index (Phi) is 6.19. The van der Waals surface area contributed by atoms with Crippen molar-refractivity contribution in [3.05, 3.63) is 75.7 Å². The predicted octanol–water partition coefficient (Wildman–Crippen LogP) is 5.06. The maximum absolute atomic E-state index is 12.4. The van der Waals surface area contributed by atoms with E-state index >= 15 is 0 Å². The molecule has 1 amide bonds. The van der Waals surface area contributed by atoms with Crippen molar-refractivity contribution in [1.82, 2.24) is 9.55 Å². The van der Waals surface area contributed by atoms with Crippen molar-refractivity contribution in [3.8, 4) is 5.75 Å². The second-order valence-electron chi connectivity index (χ2n) is 6.12. The van der Waals surface area contributed by atoms with Gasteiger partial charge in [-0.2, -0.15) is 0 Å². The molecule has 1 atom stereocenters. The minimum absolute atomic E-state index is 0.227. The number of halogens is 2. The zero-order valence-corrected chi connectivity index (χ0v) is 17.3. The maximum Gasteiger partial charge on any atom is 0.265 e. The van der Waals surface area contributed by atoms with Gasteiger partial charge in [-0.15, -0.1) is 0 Å². The summed E-state index contributed by atoms with van der Waals surface area (Å²) in [6.07, 6.45) is 3.07. The molecule has 0 aliphatic carbocycles. The summed E-state index contributed by atoms with van der Waals surface area (Å²) in [6.45, 7) is 4.41. The van der Waals surface area contributed by atoms with E-state index in [1.165, 1.54) is 0 Å². The van der Waals surface area contributed by atoms with E-state index in [1.54, 1.807) is 31.3 Å². The van der Waals surface area contributed by atoms with Crippen molar-refractivity contribution in [3.63, 3.8) is 0 Å². The molecule has 3 aromatic rings. The van der Waals surface area contributed by atoms with E-state index in [9.17, 15) is 4.79 Å². The normalized spacial score (nSPS) is 11.9. The summed E-state index contributed by atoms with van der Waals surface area (Å²) in [7, 11) is 0. The Morgan fingerprint density at radius 1 is 1.30 bits per heavy atom. The monoisotopic (exact) mass is 447 g/mol. The lowest BCUT2D eigenvalue weighted by Gasteiger charge is -2.16. The van der Waals surface area contributed by atoms with Gasteiger partial charge in [-0.25, -0.2) is 4.98 Å². The highest BCUT2D eigenvalue weighted by molar-refractivity contribution is 9.10. The summed E-state index contributed by atoms with van der Waals surface area (Å²) in [6, 6.07) is 12.9. The molecule has 5 nitrogen and oxygen atoms in total. The van der Waals surface area contributed by atoms with E-state index in [-0.39, 0.29) is 5.91 Å². The van der Waals surface area contributed by atoms with Crippen molar-refractivity contribution >= 4 is 39.1 Å². The summed E-state index contributed by atoms with van der Waals surface area (Å²) >= 11 is 9.30. The highest BCUT2D eigenvalue weighted by Gasteiger charge is 2.16. The van der Waals surface area contributed by atoms with E-state index < -0.39 is 6.10 Å². The van der Waals surface area contributed by atoms with Crippen LogP contribution in [-0.2, 0) is 11.3 Å². The third-order valence-electron chi connectivity index (χ3n) is 4.06. The number of hydrogen-bond donors (Lipinski definition) is 1. The number of nitrogens with one attached hydrogen (secondary N) is 1. The van der Waals surface area contributed by atoms with Crippen molar-refractivity contribution in [2.24, 2.45) is 0 Å². The zero-order chi connectivity index (χ0) is 19.4. The van der Waals surface area contributed by atoms with Crippen LogP contribution in [-0.4, -0.2) is 21.6 Å². The zero-order valence-electron chi connectivity index (χ0n) is 14.9. The van der Waals surface area contributed by atoms with Crippen LogP contribution in [0.5, 0.6) is 5.75 Å². The fourth-order valence-corrected chi connectivity index (χ4v) is 3.30. The van der Waals surface area contributed by atoms with E-state index in [4.69, 9.17) is 16.3 Å². The molecule has 0 aliphatic rings. The maximum atomic E-state index is 12.4. The average Bonchev–Trinajstić information content (AvgIpc) is 3.03. The van der Waals surface area contributed by atoms with Gasteiger partial charge >= 0.3 is 0 Å². The number of carbonyl (C=O) groups excluding carboxylic acids is 1. The van der Waals surface area contributed by atoms with Gasteiger partial charge in [-0.05, 0) is 65.7 Å². The van der Waals surface area contributed by atoms with Crippen molar-refractivity contribution in [1.29, 1.82) is 0 Å². The van der Waals surface area contributed by atoms with Gasteiger partial charge in [-0.1, -0.05) is 23.7 Å². The molecule has 0 saturated heterocycles. The van der Waals surface area contributed by atoms with Crippen LogP contribution >= 0.6 is 27.5 Å². The molecule has 7 heteroatoms. The summed E-state index contributed by atoms with van der Waals surface area (Å²) in [5, 5.41) is 3.46. The fourth-order valence-electron chi connectivity index (χ4n) is 2.52. The molecule has 0 saturated carbocycles. The van der Waals surface area contributed by atoms with Gasteiger partial charge in [0, 0.05) is 29.6 Å². The van der Waals surface area contributed by atoms with Crippen LogP contribution in [0.3, 0.4) is 0 Å². The molecule has 27 heavy (non-hydrogen) atoms. The second kappa shape index (κ2) is 8.59. The molecular weight excluding hydrogens is 430 g/mol. The average molecular weight is 449 g/mol. The Labute approximate surface area is 171 Å². The third kappa shape index (κ3) is 5.11. The van der Waals surface area contributed by atoms with Crippen LogP contribution in [0.4, 0.5) is 5.69 Å². The topological polar surface area (TPSA) is 56.2 Å². The lowest BCUT2D eigenvalue weighted by atomic mass is 10.2. The van der Waals surface area contributed by atoms with E-state index in [2.05, 4.69) is 30.8 Å². The molecule has 0 fully saturated rings. The van der Waals surface area contributed by atoms with Gasteiger partial charge in [0.1, 0.15) is 11.6 Å². The molecule has 1 aromatic heterocycles. The summed E-state index contributed by atoms with van der Waals surface area (Å²) < 4.78 is 8.48. The molecule has 0 radical (unpaired) electrons. The van der Waals surface area contributed by atoms with Crippen LogP contribution in [0, 0.1) is 6.92 Å². The molecule has 0 aliphatic heterocycles. The fraction of sp³-hybridized carbons (Fsp3) is 0.200. The molecule has 0 bridgehead atoms. The second-order valence-corrected chi connectivity index (χ2v) is 7.41. The molecule has 3 rings (SSSR count). The van der Waals surface area contributed by atoms with Crippen LogP contribution in [0.25, 0.3) is 0 Å². The highest BCUT2D eigenvalue weighted by atomic mass is 79.9. The molecule has 2 aromatic carbocycles. The first kappa shape index (κ1) is 19.5. The number of aryl methyl sites for hydroxylation is 1. The molecule has 1 heterocycles. The largest absolute Gasteiger partial charge is 0.480 e. The van der Waals surface area contributed by atoms with Crippen molar-refractivity contribution in [2.45, 2.75) is 26.5 Å². The molecule has 0 spiro atoms. The number of imidazole rings is 1. The number of rotatable bonds is 6. The van der Waals surface area contributed by atoms with Crippen LogP contribution in [0.15, 0.2) is 59.3 Å². The number of nitrogens with zero attached hydrogens (tertiary/aromatic N) is 2. The van der Waals surface area contributed by atoms with E-state index in [1.807, 2.05) is 37.4 Å². The SMILES string of the molecule is Cc1nccn1Cc1ccc(NC(=O)C(C)Oc2ccc(Cl)cc2Br)cc1. The van der Waals surface area contributed by atoms with Gasteiger partial charge in [0.2, 0.25) is 0 Å².